The van der Waals surface area contributed by atoms with Crippen LogP contribution in [0.1, 0.15) is 22.9 Å². The lowest BCUT2D eigenvalue weighted by Crippen LogP contribution is -2.83. The maximum absolute atomic E-state index is 13.3. The fourth-order valence-corrected chi connectivity index (χ4v) is 3.62. The summed E-state index contributed by atoms with van der Waals surface area (Å²) < 4.78 is 26.7. The Labute approximate surface area is 138 Å². The lowest BCUT2D eigenvalue weighted by molar-refractivity contribution is -0.702. The molecule has 2 aliphatic rings. The fraction of sp³-hybridized carbons (Fsp3) is 0.158. The van der Waals surface area contributed by atoms with Gasteiger partial charge in [0.2, 0.25) is 6.79 Å². The first-order valence-electron chi connectivity index (χ1n) is 7.99. The van der Waals surface area contributed by atoms with Gasteiger partial charge in [-0.1, -0.05) is 0 Å². The van der Waals surface area contributed by atoms with Crippen LogP contribution in [0.5, 0.6) is 11.5 Å². The van der Waals surface area contributed by atoms with E-state index < -0.39 is 0 Å². The number of fused-ring (bicyclic) bond motifs is 5. The van der Waals surface area contributed by atoms with Gasteiger partial charge in [-0.3, -0.25) is 0 Å². The lowest BCUT2D eigenvalue weighted by Gasteiger charge is -2.15. The summed E-state index contributed by atoms with van der Waals surface area (Å²) in [6.45, 7) is 1.07. The number of quaternary nitrogens is 1. The van der Waals surface area contributed by atoms with Crippen molar-refractivity contribution in [2.75, 3.05) is 6.79 Å². The Morgan fingerprint density at radius 3 is 2.79 bits per heavy atom. The summed E-state index contributed by atoms with van der Waals surface area (Å²) in [4.78, 5) is 0. The zero-order valence-electron chi connectivity index (χ0n) is 12.9. The van der Waals surface area contributed by atoms with Crippen LogP contribution in [0.2, 0.25) is 0 Å². The summed E-state index contributed by atoms with van der Waals surface area (Å²) in [6, 6.07) is 15.0. The molecule has 24 heavy (non-hydrogen) atoms. The van der Waals surface area contributed by atoms with Gasteiger partial charge >= 0.3 is 0 Å². The van der Waals surface area contributed by atoms with Gasteiger partial charge in [0.1, 0.15) is 18.0 Å². The first-order valence-corrected chi connectivity index (χ1v) is 7.99. The van der Waals surface area contributed by atoms with Crippen molar-refractivity contribution in [3.8, 4) is 17.2 Å². The lowest BCUT2D eigenvalue weighted by atomic mass is 10.0. The molecule has 2 N–H and O–H groups in total. The van der Waals surface area contributed by atoms with Gasteiger partial charge < -0.3 is 19.4 Å². The normalized spacial score (nSPS) is 18.0. The molecule has 4 nitrogen and oxygen atoms in total. The molecule has 0 saturated carbocycles. The molecule has 3 heterocycles. The molecular formula is C19H16FN2O2+. The summed E-state index contributed by atoms with van der Waals surface area (Å²) in [7, 11) is 0. The highest BCUT2D eigenvalue weighted by Gasteiger charge is 2.30. The average Bonchev–Trinajstić information content (AvgIpc) is 3.23. The third kappa shape index (κ3) is 1.95. The smallest absolute Gasteiger partial charge is 0.231 e. The van der Waals surface area contributed by atoms with E-state index in [0.29, 0.717) is 0 Å². The van der Waals surface area contributed by atoms with E-state index in [0.717, 1.165) is 35.0 Å². The Morgan fingerprint density at radius 2 is 1.92 bits per heavy atom. The van der Waals surface area contributed by atoms with Crippen molar-refractivity contribution in [2.24, 2.45) is 0 Å². The van der Waals surface area contributed by atoms with Crippen molar-refractivity contribution < 1.29 is 19.2 Å². The number of aromatic nitrogens is 1. The zero-order chi connectivity index (χ0) is 16.1. The van der Waals surface area contributed by atoms with E-state index in [1.165, 1.54) is 17.7 Å². The molecule has 0 radical (unpaired) electrons. The number of hydrogen-bond donors (Lipinski definition) is 1. The molecule has 0 spiro atoms. The largest absolute Gasteiger partial charge is 0.454 e. The molecule has 120 valence electrons. The predicted molar refractivity (Wildman–Crippen MR) is 85.8 cm³/mol. The molecule has 2 aromatic carbocycles. The third-order valence-corrected chi connectivity index (χ3v) is 4.74. The molecule has 0 amide bonds. The van der Waals surface area contributed by atoms with Crippen LogP contribution >= 0.6 is 0 Å². The summed E-state index contributed by atoms with van der Waals surface area (Å²) in [5.41, 5.74) is 4.47. The van der Waals surface area contributed by atoms with E-state index in [9.17, 15) is 4.39 Å². The molecule has 0 fully saturated rings. The Bertz CT molecular complexity index is 918. The van der Waals surface area contributed by atoms with E-state index in [4.69, 9.17) is 9.47 Å². The molecule has 1 atom stereocenters. The fourth-order valence-electron chi connectivity index (χ4n) is 3.62. The van der Waals surface area contributed by atoms with Gasteiger partial charge in [-0.15, -0.1) is 0 Å². The molecule has 5 rings (SSSR count). The van der Waals surface area contributed by atoms with Crippen LogP contribution in [0.3, 0.4) is 0 Å². The third-order valence-electron chi connectivity index (χ3n) is 4.74. The Hall–Kier alpha value is -2.79. The number of ether oxygens (including phenoxy) is 2. The standard InChI is InChI=1S/C19H15FN2O2/c20-14-6-3-12(4-7-14)17-15-2-1-9-22(15)18-13(10-21-17)5-8-16-19(18)24-11-23-16/h1-9,17,21H,10-11H2/p+1. The van der Waals surface area contributed by atoms with Gasteiger partial charge in [0.25, 0.3) is 0 Å². The summed E-state index contributed by atoms with van der Waals surface area (Å²) in [5, 5.41) is 2.27. The Balaban J connectivity index is 1.69. The second-order valence-corrected chi connectivity index (χ2v) is 6.08. The highest BCUT2D eigenvalue weighted by Crippen LogP contribution is 2.42. The first kappa shape index (κ1) is 13.6. The van der Waals surface area contributed by atoms with Crippen LogP contribution in [0, 0.1) is 5.82 Å². The van der Waals surface area contributed by atoms with Crippen LogP contribution in [-0.2, 0) is 6.54 Å². The number of nitrogens with two attached hydrogens (primary N) is 1. The number of hydrogen-bond acceptors (Lipinski definition) is 2. The SMILES string of the molecule is Fc1ccc(C2[NH2+]Cc3ccc4c(c3-n3cccc32)OCO4)cc1. The molecule has 0 bridgehead atoms. The van der Waals surface area contributed by atoms with Crippen LogP contribution in [0.15, 0.2) is 54.7 Å². The molecule has 3 aromatic rings. The minimum Gasteiger partial charge on any atom is -0.454 e. The maximum atomic E-state index is 13.3. The first-order chi connectivity index (χ1) is 11.8. The average molecular weight is 323 g/mol. The van der Waals surface area contributed by atoms with Gasteiger partial charge in [0.15, 0.2) is 17.5 Å². The van der Waals surface area contributed by atoms with Gasteiger partial charge in [-0.05, 0) is 48.5 Å². The van der Waals surface area contributed by atoms with Crippen molar-refractivity contribution in [3.05, 3.63) is 77.4 Å². The molecule has 0 aliphatic carbocycles. The summed E-state index contributed by atoms with van der Waals surface area (Å²) in [5.74, 6) is 1.38. The quantitative estimate of drug-likeness (QED) is 0.747. The van der Waals surface area contributed by atoms with Crippen molar-refractivity contribution in [3.63, 3.8) is 0 Å². The van der Waals surface area contributed by atoms with Crippen LogP contribution in [-0.4, -0.2) is 11.4 Å². The number of halogens is 1. The predicted octanol–water partition coefficient (Wildman–Crippen LogP) is 2.51. The van der Waals surface area contributed by atoms with E-state index >= 15 is 0 Å². The van der Waals surface area contributed by atoms with Crippen LogP contribution in [0.4, 0.5) is 4.39 Å². The van der Waals surface area contributed by atoms with Gasteiger partial charge in [0.05, 0.1) is 5.69 Å². The second kappa shape index (κ2) is 5.11. The highest BCUT2D eigenvalue weighted by atomic mass is 19.1. The van der Waals surface area contributed by atoms with E-state index in [-0.39, 0.29) is 18.7 Å². The minimum absolute atomic E-state index is 0.103. The molecule has 2 aliphatic heterocycles. The Morgan fingerprint density at radius 1 is 1.04 bits per heavy atom. The van der Waals surface area contributed by atoms with Crippen molar-refractivity contribution >= 4 is 0 Å². The maximum Gasteiger partial charge on any atom is 0.231 e. The summed E-state index contributed by atoms with van der Waals surface area (Å²) >= 11 is 0. The van der Waals surface area contributed by atoms with E-state index in [2.05, 4.69) is 22.0 Å². The zero-order valence-corrected chi connectivity index (χ0v) is 12.9. The van der Waals surface area contributed by atoms with Crippen molar-refractivity contribution in [2.45, 2.75) is 12.6 Å². The molecule has 1 aromatic heterocycles. The van der Waals surface area contributed by atoms with E-state index in [1.54, 1.807) is 0 Å². The van der Waals surface area contributed by atoms with Crippen LogP contribution in [0.25, 0.3) is 5.69 Å². The Kier molecular flexibility index (Phi) is 2.90. The second-order valence-electron chi connectivity index (χ2n) is 6.08. The molecule has 0 saturated heterocycles. The van der Waals surface area contributed by atoms with Crippen LogP contribution < -0.4 is 14.8 Å². The van der Waals surface area contributed by atoms with Crippen molar-refractivity contribution in [1.82, 2.24) is 4.57 Å². The van der Waals surface area contributed by atoms with E-state index in [1.807, 2.05) is 30.5 Å². The van der Waals surface area contributed by atoms with Gasteiger partial charge in [0, 0.05) is 17.3 Å². The molecule has 5 heteroatoms. The topological polar surface area (TPSA) is 40.0 Å². The highest BCUT2D eigenvalue weighted by molar-refractivity contribution is 5.62. The van der Waals surface area contributed by atoms with Gasteiger partial charge in [-0.2, -0.15) is 0 Å². The number of benzene rings is 2. The number of nitrogens with zero attached hydrogens (tertiary/aromatic N) is 1. The molecular weight excluding hydrogens is 307 g/mol. The number of rotatable bonds is 1. The summed E-state index contributed by atoms with van der Waals surface area (Å²) in [6.07, 6.45) is 2.05. The van der Waals surface area contributed by atoms with Gasteiger partial charge in [-0.25, -0.2) is 4.39 Å². The minimum atomic E-state index is -0.214. The van der Waals surface area contributed by atoms with Crippen molar-refractivity contribution in [1.29, 1.82) is 0 Å². The monoisotopic (exact) mass is 323 g/mol. The molecule has 1 unspecified atom stereocenters.